The fourth-order valence-corrected chi connectivity index (χ4v) is 2.98. The van der Waals surface area contributed by atoms with Gasteiger partial charge in [0.15, 0.2) is 0 Å². The summed E-state index contributed by atoms with van der Waals surface area (Å²) in [6.07, 6.45) is 5.58. The molecular formula is C15H20N2O4. The minimum Gasteiger partial charge on any atom is -0.472 e. The molecule has 0 bridgehead atoms. The molecule has 21 heavy (non-hydrogen) atoms. The summed E-state index contributed by atoms with van der Waals surface area (Å²) in [7, 11) is 0. The number of carbonyl (C=O) groups is 2. The van der Waals surface area contributed by atoms with Crippen LogP contribution in [0.2, 0.25) is 0 Å². The molecule has 1 aromatic heterocycles. The fraction of sp³-hybridized carbons (Fsp3) is 0.600. The summed E-state index contributed by atoms with van der Waals surface area (Å²) in [4.78, 5) is 28.7. The number of morpholine rings is 1. The van der Waals surface area contributed by atoms with Crippen molar-refractivity contribution in [2.24, 2.45) is 0 Å². The van der Waals surface area contributed by atoms with E-state index in [1.54, 1.807) is 11.0 Å². The first-order chi connectivity index (χ1) is 10.3. The summed E-state index contributed by atoms with van der Waals surface area (Å²) in [6.45, 7) is 3.01. The molecule has 0 unspecified atom stereocenters. The Morgan fingerprint density at radius 3 is 2.67 bits per heavy atom. The van der Waals surface area contributed by atoms with E-state index in [1.807, 2.05) is 4.90 Å². The number of nitrogens with zero attached hydrogens (tertiary/aromatic N) is 2. The van der Waals surface area contributed by atoms with Crippen LogP contribution in [0.15, 0.2) is 23.0 Å². The quantitative estimate of drug-likeness (QED) is 0.820. The molecule has 3 heterocycles. The normalized spacial score (nSPS) is 23.1. The Balaban J connectivity index is 1.74. The number of furan rings is 1. The van der Waals surface area contributed by atoms with E-state index in [-0.39, 0.29) is 17.9 Å². The van der Waals surface area contributed by atoms with E-state index in [9.17, 15) is 9.59 Å². The average molecular weight is 292 g/mol. The summed E-state index contributed by atoms with van der Waals surface area (Å²) >= 11 is 0. The highest BCUT2D eigenvalue weighted by atomic mass is 16.5. The molecule has 0 aromatic carbocycles. The van der Waals surface area contributed by atoms with Crippen LogP contribution in [0, 0.1) is 0 Å². The van der Waals surface area contributed by atoms with Crippen molar-refractivity contribution in [1.82, 2.24) is 9.80 Å². The van der Waals surface area contributed by atoms with Crippen molar-refractivity contribution in [2.45, 2.75) is 25.3 Å². The topological polar surface area (TPSA) is 63.0 Å². The van der Waals surface area contributed by atoms with Crippen LogP contribution in [-0.2, 0) is 9.53 Å². The standard InChI is InChI=1S/C15H20N2O4/c18-14(12-4-8-21-11-12)17-5-2-1-3-13(17)15(19)16-6-9-20-10-7-16/h4,8,11,13H,1-3,5-7,9-10H2/t13-/m0/s1. The zero-order valence-electron chi connectivity index (χ0n) is 12.0. The zero-order valence-corrected chi connectivity index (χ0v) is 12.0. The Kier molecular flexibility index (Phi) is 4.24. The molecule has 1 atom stereocenters. The van der Waals surface area contributed by atoms with Crippen molar-refractivity contribution in [2.75, 3.05) is 32.8 Å². The third-order valence-electron chi connectivity index (χ3n) is 4.14. The maximum Gasteiger partial charge on any atom is 0.257 e. The lowest BCUT2D eigenvalue weighted by molar-refractivity contribution is -0.141. The molecule has 6 nitrogen and oxygen atoms in total. The third-order valence-corrected chi connectivity index (χ3v) is 4.14. The highest BCUT2D eigenvalue weighted by Crippen LogP contribution is 2.22. The molecule has 0 spiro atoms. The minimum atomic E-state index is -0.348. The van der Waals surface area contributed by atoms with Crippen molar-refractivity contribution in [3.63, 3.8) is 0 Å². The Morgan fingerprint density at radius 2 is 1.95 bits per heavy atom. The Morgan fingerprint density at radius 1 is 1.14 bits per heavy atom. The van der Waals surface area contributed by atoms with E-state index in [2.05, 4.69) is 0 Å². The Hall–Kier alpha value is -1.82. The molecule has 0 aliphatic carbocycles. The molecule has 2 saturated heterocycles. The summed E-state index contributed by atoms with van der Waals surface area (Å²) in [5.41, 5.74) is 0.511. The fourth-order valence-electron chi connectivity index (χ4n) is 2.98. The van der Waals surface area contributed by atoms with E-state index in [0.29, 0.717) is 38.4 Å². The smallest absolute Gasteiger partial charge is 0.257 e. The van der Waals surface area contributed by atoms with E-state index in [1.165, 1.54) is 12.5 Å². The van der Waals surface area contributed by atoms with E-state index in [4.69, 9.17) is 9.15 Å². The molecule has 3 rings (SSSR count). The van der Waals surface area contributed by atoms with Gasteiger partial charge in [-0.25, -0.2) is 0 Å². The van der Waals surface area contributed by atoms with Crippen molar-refractivity contribution >= 4 is 11.8 Å². The number of carbonyl (C=O) groups excluding carboxylic acids is 2. The number of ether oxygens (including phenoxy) is 1. The molecule has 2 aliphatic heterocycles. The second-order valence-corrected chi connectivity index (χ2v) is 5.46. The van der Waals surface area contributed by atoms with E-state index >= 15 is 0 Å². The number of piperidine rings is 1. The zero-order chi connectivity index (χ0) is 14.7. The first-order valence-corrected chi connectivity index (χ1v) is 7.47. The lowest BCUT2D eigenvalue weighted by atomic mass is 9.99. The van der Waals surface area contributed by atoms with Crippen LogP contribution in [0.5, 0.6) is 0 Å². The Bertz CT molecular complexity index is 494. The third kappa shape index (κ3) is 2.95. The van der Waals surface area contributed by atoms with E-state index < -0.39 is 0 Å². The molecule has 0 radical (unpaired) electrons. The molecule has 0 N–H and O–H groups in total. The molecule has 0 saturated carbocycles. The van der Waals surface area contributed by atoms with Gasteiger partial charge in [0.2, 0.25) is 5.91 Å². The molecule has 2 aliphatic rings. The molecular weight excluding hydrogens is 272 g/mol. The lowest BCUT2D eigenvalue weighted by Crippen LogP contribution is -2.55. The number of hydrogen-bond donors (Lipinski definition) is 0. The summed E-state index contributed by atoms with van der Waals surface area (Å²) < 4.78 is 10.3. The van der Waals surface area contributed by atoms with Gasteiger partial charge in [-0.2, -0.15) is 0 Å². The predicted octanol–water partition coefficient (Wildman–Crippen LogP) is 1.13. The number of rotatable bonds is 2. The summed E-state index contributed by atoms with van der Waals surface area (Å²) in [6, 6.07) is 1.30. The lowest BCUT2D eigenvalue weighted by Gasteiger charge is -2.38. The minimum absolute atomic E-state index is 0.0508. The van der Waals surface area contributed by atoms with Gasteiger partial charge in [0, 0.05) is 19.6 Å². The molecule has 114 valence electrons. The van der Waals surface area contributed by atoms with Gasteiger partial charge in [-0.05, 0) is 25.3 Å². The molecule has 1 aromatic rings. The van der Waals surface area contributed by atoms with Gasteiger partial charge in [-0.15, -0.1) is 0 Å². The molecule has 2 fully saturated rings. The largest absolute Gasteiger partial charge is 0.472 e. The van der Waals surface area contributed by atoms with Gasteiger partial charge in [0.1, 0.15) is 12.3 Å². The van der Waals surface area contributed by atoms with Crippen LogP contribution < -0.4 is 0 Å². The first kappa shape index (κ1) is 14.1. The van der Waals surface area contributed by atoms with Crippen LogP contribution >= 0.6 is 0 Å². The molecule has 2 amide bonds. The van der Waals surface area contributed by atoms with Crippen LogP contribution in [-0.4, -0.2) is 60.5 Å². The number of hydrogen-bond acceptors (Lipinski definition) is 4. The predicted molar refractivity (Wildman–Crippen MR) is 74.8 cm³/mol. The van der Waals surface area contributed by atoms with Gasteiger partial charge < -0.3 is 19.0 Å². The second kappa shape index (κ2) is 6.30. The second-order valence-electron chi connectivity index (χ2n) is 5.46. The van der Waals surface area contributed by atoms with Crippen molar-refractivity contribution < 1.29 is 18.7 Å². The highest BCUT2D eigenvalue weighted by Gasteiger charge is 2.35. The van der Waals surface area contributed by atoms with Crippen LogP contribution in [0.3, 0.4) is 0 Å². The van der Waals surface area contributed by atoms with Crippen LogP contribution in [0.1, 0.15) is 29.6 Å². The van der Waals surface area contributed by atoms with Gasteiger partial charge in [-0.3, -0.25) is 9.59 Å². The van der Waals surface area contributed by atoms with Gasteiger partial charge in [0.05, 0.1) is 25.0 Å². The van der Waals surface area contributed by atoms with E-state index in [0.717, 1.165) is 19.3 Å². The van der Waals surface area contributed by atoms with Crippen LogP contribution in [0.25, 0.3) is 0 Å². The summed E-state index contributed by atoms with van der Waals surface area (Å²) in [5, 5.41) is 0. The summed E-state index contributed by atoms with van der Waals surface area (Å²) in [5.74, 6) is -0.0649. The highest BCUT2D eigenvalue weighted by molar-refractivity contribution is 5.97. The first-order valence-electron chi connectivity index (χ1n) is 7.47. The SMILES string of the molecule is O=C([C@@H]1CCCCN1C(=O)c1ccoc1)N1CCOCC1. The van der Waals surface area contributed by atoms with Gasteiger partial charge >= 0.3 is 0 Å². The maximum atomic E-state index is 12.7. The molecule has 6 heteroatoms. The van der Waals surface area contributed by atoms with Crippen LogP contribution in [0.4, 0.5) is 0 Å². The van der Waals surface area contributed by atoms with Crippen molar-refractivity contribution in [1.29, 1.82) is 0 Å². The van der Waals surface area contributed by atoms with Gasteiger partial charge in [-0.1, -0.05) is 0 Å². The van der Waals surface area contributed by atoms with Crippen molar-refractivity contribution in [3.8, 4) is 0 Å². The maximum absolute atomic E-state index is 12.7. The average Bonchev–Trinajstić information content (AvgIpc) is 3.09. The Labute approximate surface area is 123 Å². The number of likely N-dealkylation sites (tertiary alicyclic amines) is 1. The monoisotopic (exact) mass is 292 g/mol. The van der Waals surface area contributed by atoms with Gasteiger partial charge in [0.25, 0.3) is 5.91 Å². The van der Waals surface area contributed by atoms with Crippen molar-refractivity contribution in [3.05, 3.63) is 24.2 Å². The number of amides is 2.